The second-order valence-electron chi connectivity index (χ2n) is 7.69. The number of ether oxygens (including phenoxy) is 2. The Hall–Kier alpha value is 0.531. The molecule has 0 aromatic heterocycles. The van der Waals surface area contributed by atoms with E-state index in [1.165, 1.54) is 11.6 Å². The SMILES string of the molecule is CCC[C]([SiH2]O[SiH3])C(C)(OC)C(C)(C)OCC[Si](C)(C)C. The number of rotatable bonds is 11. The molecule has 1 unspecified atom stereocenters. The first-order chi connectivity index (χ1) is 9.54. The molecule has 0 amide bonds. The summed E-state index contributed by atoms with van der Waals surface area (Å²) in [5.74, 6) is 0. The van der Waals surface area contributed by atoms with Crippen LogP contribution < -0.4 is 0 Å². The van der Waals surface area contributed by atoms with Crippen LogP contribution in [0.2, 0.25) is 25.7 Å². The lowest BCUT2D eigenvalue weighted by Crippen LogP contribution is -2.57. The van der Waals surface area contributed by atoms with E-state index in [1.807, 2.05) is 0 Å². The maximum atomic E-state index is 6.30. The molecule has 0 fully saturated rings. The molecule has 0 aromatic rings. The van der Waals surface area contributed by atoms with Gasteiger partial charge in [0, 0.05) is 27.3 Å². The molecule has 3 nitrogen and oxygen atoms in total. The van der Waals surface area contributed by atoms with Crippen molar-refractivity contribution < 1.29 is 13.6 Å². The van der Waals surface area contributed by atoms with Crippen molar-refractivity contribution in [2.45, 2.75) is 77.4 Å². The molecular weight excluding hydrogens is 312 g/mol. The van der Waals surface area contributed by atoms with Gasteiger partial charge in [0.15, 0.2) is 9.76 Å². The second-order valence-corrected chi connectivity index (χ2v) is 16.8. The topological polar surface area (TPSA) is 27.7 Å². The van der Waals surface area contributed by atoms with Gasteiger partial charge in [-0.3, -0.25) is 0 Å². The summed E-state index contributed by atoms with van der Waals surface area (Å²) in [7, 11) is 0.915. The summed E-state index contributed by atoms with van der Waals surface area (Å²) >= 11 is 0. The molecule has 0 rings (SSSR count). The normalized spacial score (nSPS) is 17.0. The quantitative estimate of drug-likeness (QED) is 0.535. The molecule has 1 radical (unpaired) electrons. The Morgan fingerprint density at radius 3 is 2.14 bits per heavy atom. The van der Waals surface area contributed by atoms with E-state index in [1.54, 1.807) is 7.11 Å². The van der Waals surface area contributed by atoms with Crippen molar-refractivity contribution in [3.8, 4) is 0 Å². The van der Waals surface area contributed by atoms with Crippen molar-refractivity contribution >= 4 is 28.3 Å². The van der Waals surface area contributed by atoms with Crippen LogP contribution in [0.1, 0.15) is 40.5 Å². The molecule has 0 aliphatic rings. The molecule has 0 aromatic carbocycles. The van der Waals surface area contributed by atoms with Crippen LogP contribution in [0.5, 0.6) is 0 Å². The molecule has 0 heterocycles. The third kappa shape index (κ3) is 6.66. The lowest BCUT2D eigenvalue weighted by molar-refractivity contribution is -0.158. The van der Waals surface area contributed by atoms with Gasteiger partial charge in [-0.1, -0.05) is 33.0 Å². The van der Waals surface area contributed by atoms with Gasteiger partial charge in [0.25, 0.3) is 0 Å². The molecule has 1 atom stereocenters. The Morgan fingerprint density at radius 1 is 1.19 bits per heavy atom. The molecular formula is C15H37O3Si3. The van der Waals surface area contributed by atoms with Crippen LogP contribution in [0.3, 0.4) is 0 Å². The monoisotopic (exact) mass is 349 g/mol. The van der Waals surface area contributed by atoms with Crippen LogP contribution in [0, 0.1) is 5.54 Å². The van der Waals surface area contributed by atoms with Gasteiger partial charge in [-0.05, 0) is 33.2 Å². The highest BCUT2D eigenvalue weighted by molar-refractivity contribution is 6.76. The third-order valence-electron chi connectivity index (χ3n) is 4.42. The number of hydrogen-bond donors (Lipinski definition) is 0. The highest BCUT2D eigenvalue weighted by Crippen LogP contribution is 2.39. The van der Waals surface area contributed by atoms with Crippen LogP contribution in [-0.2, 0) is 13.6 Å². The summed E-state index contributed by atoms with van der Waals surface area (Å²) in [6, 6.07) is 1.19. The fourth-order valence-corrected chi connectivity index (χ4v) is 5.94. The van der Waals surface area contributed by atoms with Gasteiger partial charge in [0.05, 0.1) is 11.2 Å². The Kier molecular flexibility index (Phi) is 9.21. The zero-order valence-corrected chi connectivity index (χ0v) is 20.2. The van der Waals surface area contributed by atoms with E-state index in [2.05, 4.69) is 47.3 Å². The summed E-state index contributed by atoms with van der Waals surface area (Å²) in [6.45, 7) is 16.7. The largest absolute Gasteiger partial charge is 0.467 e. The molecule has 0 bridgehead atoms. The molecule has 0 aliphatic carbocycles. The van der Waals surface area contributed by atoms with Gasteiger partial charge in [0.2, 0.25) is 0 Å². The van der Waals surface area contributed by atoms with Crippen LogP contribution in [0.25, 0.3) is 0 Å². The summed E-state index contributed by atoms with van der Waals surface area (Å²) in [4.78, 5) is 0. The van der Waals surface area contributed by atoms with Gasteiger partial charge in [-0.15, -0.1) is 0 Å². The predicted octanol–water partition coefficient (Wildman–Crippen LogP) is 2.24. The molecule has 0 saturated heterocycles. The second kappa shape index (κ2) is 8.98. The zero-order chi connectivity index (χ0) is 16.7. The molecule has 0 N–H and O–H groups in total. The highest BCUT2D eigenvalue weighted by atomic mass is 28.3. The molecule has 0 saturated carbocycles. The summed E-state index contributed by atoms with van der Waals surface area (Å²) < 4.78 is 17.9. The average molecular weight is 350 g/mol. The van der Waals surface area contributed by atoms with Crippen molar-refractivity contribution in [3.05, 3.63) is 5.54 Å². The van der Waals surface area contributed by atoms with Crippen LogP contribution in [0.15, 0.2) is 0 Å². The predicted molar refractivity (Wildman–Crippen MR) is 101 cm³/mol. The maximum absolute atomic E-state index is 6.30. The molecule has 6 heteroatoms. The van der Waals surface area contributed by atoms with Gasteiger partial charge in [-0.25, -0.2) is 0 Å². The summed E-state index contributed by atoms with van der Waals surface area (Å²) in [6.07, 6.45) is 2.22. The molecule has 0 aliphatic heterocycles. The van der Waals surface area contributed by atoms with Gasteiger partial charge < -0.3 is 13.6 Å². The van der Waals surface area contributed by atoms with E-state index in [0.717, 1.165) is 29.9 Å². The van der Waals surface area contributed by atoms with E-state index in [9.17, 15) is 0 Å². The third-order valence-corrected chi connectivity index (χ3v) is 8.65. The maximum Gasteiger partial charge on any atom is 0.155 e. The minimum absolute atomic E-state index is 0.320. The fourth-order valence-electron chi connectivity index (χ4n) is 2.49. The van der Waals surface area contributed by atoms with Crippen molar-refractivity contribution in [2.75, 3.05) is 13.7 Å². The van der Waals surface area contributed by atoms with Crippen LogP contribution in [-0.4, -0.2) is 53.2 Å². The lowest BCUT2D eigenvalue weighted by Gasteiger charge is -2.47. The minimum Gasteiger partial charge on any atom is -0.467 e. The van der Waals surface area contributed by atoms with E-state index >= 15 is 0 Å². The van der Waals surface area contributed by atoms with E-state index in [0.29, 0.717) is 0 Å². The Labute approximate surface area is 139 Å². The summed E-state index contributed by atoms with van der Waals surface area (Å²) in [5.41, 5.74) is 0.776. The van der Waals surface area contributed by atoms with Crippen molar-refractivity contribution in [3.63, 3.8) is 0 Å². The first-order valence-electron chi connectivity index (χ1n) is 8.07. The smallest absolute Gasteiger partial charge is 0.155 e. The van der Waals surface area contributed by atoms with Gasteiger partial charge in [-0.2, -0.15) is 0 Å². The van der Waals surface area contributed by atoms with E-state index in [-0.39, 0.29) is 11.2 Å². The van der Waals surface area contributed by atoms with Crippen LogP contribution in [0.4, 0.5) is 0 Å². The van der Waals surface area contributed by atoms with Gasteiger partial charge >= 0.3 is 0 Å². The first kappa shape index (κ1) is 21.5. The van der Waals surface area contributed by atoms with E-state index < -0.39 is 17.8 Å². The highest BCUT2D eigenvalue weighted by Gasteiger charge is 2.48. The molecule has 127 valence electrons. The zero-order valence-electron chi connectivity index (χ0n) is 15.8. The van der Waals surface area contributed by atoms with Crippen molar-refractivity contribution in [1.29, 1.82) is 0 Å². The van der Waals surface area contributed by atoms with Crippen LogP contribution >= 0.6 is 0 Å². The Bertz CT molecular complexity index is 286. The Morgan fingerprint density at radius 2 is 1.76 bits per heavy atom. The molecule has 0 spiro atoms. The van der Waals surface area contributed by atoms with Gasteiger partial charge in [0.1, 0.15) is 10.5 Å². The number of methoxy groups -OCH3 is 1. The van der Waals surface area contributed by atoms with E-state index in [4.69, 9.17) is 13.6 Å². The average Bonchev–Trinajstić information content (AvgIpc) is 2.35. The van der Waals surface area contributed by atoms with Crippen molar-refractivity contribution in [2.24, 2.45) is 0 Å². The van der Waals surface area contributed by atoms with Crippen molar-refractivity contribution in [1.82, 2.24) is 0 Å². The minimum atomic E-state index is -1.07. The number of hydrogen-bond acceptors (Lipinski definition) is 3. The first-order valence-corrected chi connectivity index (χ1v) is 13.9. The Balaban J connectivity index is 4.98. The fraction of sp³-hybridized carbons (Fsp3) is 0.933. The standard InChI is InChI=1S/C15H37O3Si3/c1-9-10-13(20-18-19)15(4,16-5)14(2,3)17-11-12-21(6,7)8/h9-12,20H2,1-8,19H3. The lowest BCUT2D eigenvalue weighted by atomic mass is 9.82. The summed E-state index contributed by atoms with van der Waals surface area (Å²) in [5, 5.41) is 0. The molecule has 21 heavy (non-hydrogen) atoms.